The highest BCUT2D eigenvalue weighted by atomic mass is 16.2. The number of carbonyl (C=O) groups is 1. The van der Waals surface area contributed by atoms with Crippen LogP contribution in [-0.4, -0.2) is 12.5 Å². The Balaban J connectivity index is 2.06. The number of nitrogens with one attached hydrogen (secondary N) is 1. The van der Waals surface area contributed by atoms with Crippen molar-refractivity contribution in [2.75, 3.05) is 11.9 Å². The minimum absolute atomic E-state index is 0.115. The summed E-state index contributed by atoms with van der Waals surface area (Å²) in [7, 11) is 0. The van der Waals surface area contributed by atoms with Crippen LogP contribution in [0.2, 0.25) is 0 Å². The zero-order chi connectivity index (χ0) is 11.4. The van der Waals surface area contributed by atoms with E-state index in [1.54, 1.807) is 0 Å². The van der Waals surface area contributed by atoms with Crippen molar-refractivity contribution in [1.82, 2.24) is 0 Å². The molecule has 1 aliphatic carbocycles. The van der Waals surface area contributed by atoms with Crippen LogP contribution in [0.5, 0.6) is 0 Å². The minimum atomic E-state index is 0.115. The molecule has 0 aromatic heterocycles. The summed E-state index contributed by atoms with van der Waals surface area (Å²) in [6.07, 6.45) is 2.02. The van der Waals surface area contributed by atoms with E-state index in [1.807, 2.05) is 24.3 Å². The fraction of sp³-hybridized carbons (Fsp3) is 0.308. The Morgan fingerprint density at radius 3 is 3.00 bits per heavy atom. The Bertz CT molecular complexity index is 452. The fourth-order valence-corrected chi connectivity index (χ4v) is 1.42. The summed E-state index contributed by atoms with van der Waals surface area (Å²) < 4.78 is 0. The predicted octanol–water partition coefficient (Wildman–Crippen LogP) is 1.35. The van der Waals surface area contributed by atoms with Crippen LogP contribution < -0.4 is 11.1 Å². The molecule has 0 aliphatic heterocycles. The first-order valence-corrected chi connectivity index (χ1v) is 5.39. The summed E-state index contributed by atoms with van der Waals surface area (Å²) in [6, 6.07) is 7.51. The monoisotopic (exact) mass is 214 g/mol. The fourth-order valence-electron chi connectivity index (χ4n) is 1.42. The maximum absolute atomic E-state index is 11.5. The molecule has 3 nitrogen and oxygen atoms in total. The molecular weight excluding hydrogens is 200 g/mol. The first kappa shape index (κ1) is 10.7. The Morgan fingerprint density at radius 1 is 1.50 bits per heavy atom. The molecule has 1 fully saturated rings. The lowest BCUT2D eigenvalue weighted by molar-refractivity contribution is -0.117. The van der Waals surface area contributed by atoms with Crippen LogP contribution in [0.1, 0.15) is 18.4 Å². The van der Waals surface area contributed by atoms with Gasteiger partial charge in [-0.3, -0.25) is 4.79 Å². The largest absolute Gasteiger partial charge is 0.326 e. The summed E-state index contributed by atoms with van der Waals surface area (Å²) in [5.41, 5.74) is 6.98. The topological polar surface area (TPSA) is 55.1 Å². The minimum Gasteiger partial charge on any atom is -0.326 e. The zero-order valence-electron chi connectivity index (χ0n) is 8.99. The third-order valence-electron chi connectivity index (χ3n) is 2.41. The maximum atomic E-state index is 11.5. The summed E-state index contributed by atoms with van der Waals surface area (Å²) >= 11 is 0. The first-order valence-electron chi connectivity index (χ1n) is 5.39. The van der Waals surface area contributed by atoms with Crippen molar-refractivity contribution < 1.29 is 4.79 Å². The van der Waals surface area contributed by atoms with Crippen molar-refractivity contribution in [3.05, 3.63) is 29.8 Å². The molecule has 1 aromatic carbocycles. The highest BCUT2D eigenvalue weighted by Gasteiger charge is 2.29. The molecular formula is C13H14N2O. The predicted molar refractivity (Wildman–Crippen MR) is 63.7 cm³/mol. The molecule has 0 spiro atoms. The molecule has 0 atom stereocenters. The van der Waals surface area contributed by atoms with Crippen molar-refractivity contribution in [3.63, 3.8) is 0 Å². The Morgan fingerprint density at radius 2 is 2.31 bits per heavy atom. The van der Waals surface area contributed by atoms with Gasteiger partial charge in [0, 0.05) is 17.2 Å². The van der Waals surface area contributed by atoms with Crippen LogP contribution in [0.25, 0.3) is 0 Å². The highest BCUT2D eigenvalue weighted by Crippen LogP contribution is 2.30. The molecule has 16 heavy (non-hydrogen) atoms. The normalized spacial score (nSPS) is 13.8. The second-order valence-corrected chi connectivity index (χ2v) is 3.85. The second-order valence-electron chi connectivity index (χ2n) is 3.85. The van der Waals surface area contributed by atoms with Crippen molar-refractivity contribution in [2.45, 2.75) is 12.8 Å². The van der Waals surface area contributed by atoms with E-state index in [-0.39, 0.29) is 11.8 Å². The van der Waals surface area contributed by atoms with E-state index < -0.39 is 0 Å². The Kier molecular flexibility index (Phi) is 3.23. The number of hydrogen-bond acceptors (Lipinski definition) is 2. The number of nitrogens with two attached hydrogens (primary N) is 1. The van der Waals surface area contributed by atoms with Gasteiger partial charge in [0.15, 0.2) is 0 Å². The molecule has 2 rings (SSSR count). The molecule has 82 valence electrons. The third-order valence-corrected chi connectivity index (χ3v) is 2.41. The SMILES string of the molecule is NCC#Cc1cccc(NC(=O)C2CC2)c1. The van der Waals surface area contributed by atoms with Crippen molar-refractivity contribution in [2.24, 2.45) is 11.7 Å². The molecule has 0 unspecified atom stereocenters. The number of carbonyl (C=O) groups excluding carboxylic acids is 1. The molecule has 0 heterocycles. The number of anilines is 1. The molecule has 1 aliphatic rings. The quantitative estimate of drug-likeness (QED) is 0.730. The van der Waals surface area contributed by atoms with Crippen molar-refractivity contribution in [3.8, 4) is 11.8 Å². The van der Waals surface area contributed by atoms with Crippen LogP contribution in [0, 0.1) is 17.8 Å². The Labute approximate surface area is 95.0 Å². The van der Waals surface area contributed by atoms with Gasteiger partial charge in [-0.05, 0) is 31.0 Å². The molecule has 1 saturated carbocycles. The summed E-state index contributed by atoms with van der Waals surface area (Å²) in [4.78, 5) is 11.5. The molecule has 0 saturated heterocycles. The van der Waals surface area contributed by atoms with Gasteiger partial charge in [0.05, 0.1) is 6.54 Å². The van der Waals surface area contributed by atoms with Crippen LogP contribution in [0.4, 0.5) is 5.69 Å². The molecule has 0 bridgehead atoms. The van der Waals surface area contributed by atoms with Gasteiger partial charge in [-0.15, -0.1) is 0 Å². The summed E-state index contributed by atoms with van der Waals surface area (Å²) in [5, 5.41) is 2.88. The van der Waals surface area contributed by atoms with Gasteiger partial charge in [-0.2, -0.15) is 0 Å². The molecule has 1 amide bonds. The lowest BCUT2D eigenvalue weighted by Gasteiger charge is -2.03. The van der Waals surface area contributed by atoms with Crippen LogP contribution >= 0.6 is 0 Å². The maximum Gasteiger partial charge on any atom is 0.227 e. The van der Waals surface area contributed by atoms with Crippen LogP contribution in [-0.2, 0) is 4.79 Å². The third kappa shape index (κ3) is 2.85. The standard InChI is InChI=1S/C13H14N2O/c14-8-2-4-10-3-1-5-12(9-10)15-13(16)11-6-7-11/h1,3,5,9,11H,6-8,14H2,(H,15,16). The van der Waals surface area contributed by atoms with Gasteiger partial charge in [0.2, 0.25) is 5.91 Å². The number of benzene rings is 1. The van der Waals surface area contributed by atoms with Crippen LogP contribution in [0.15, 0.2) is 24.3 Å². The Hall–Kier alpha value is -1.79. The average molecular weight is 214 g/mol. The van der Waals surface area contributed by atoms with E-state index in [4.69, 9.17) is 5.73 Å². The van der Waals surface area contributed by atoms with E-state index >= 15 is 0 Å². The smallest absolute Gasteiger partial charge is 0.227 e. The number of hydrogen-bond donors (Lipinski definition) is 2. The highest BCUT2D eigenvalue weighted by molar-refractivity contribution is 5.94. The van der Waals surface area contributed by atoms with Crippen molar-refractivity contribution in [1.29, 1.82) is 0 Å². The van der Waals surface area contributed by atoms with Gasteiger partial charge in [0.1, 0.15) is 0 Å². The summed E-state index contributed by atoms with van der Waals surface area (Å²) in [6.45, 7) is 0.346. The molecule has 1 aromatic rings. The summed E-state index contributed by atoms with van der Waals surface area (Å²) in [5.74, 6) is 6.06. The van der Waals surface area contributed by atoms with Gasteiger partial charge in [0.25, 0.3) is 0 Å². The van der Waals surface area contributed by atoms with Crippen molar-refractivity contribution >= 4 is 11.6 Å². The second kappa shape index (κ2) is 4.82. The molecule has 3 N–H and O–H groups in total. The van der Waals surface area contributed by atoms with Gasteiger partial charge >= 0.3 is 0 Å². The van der Waals surface area contributed by atoms with Gasteiger partial charge < -0.3 is 11.1 Å². The van der Waals surface area contributed by atoms with E-state index in [0.717, 1.165) is 24.1 Å². The van der Waals surface area contributed by atoms with Crippen LogP contribution in [0.3, 0.4) is 0 Å². The van der Waals surface area contributed by atoms with Gasteiger partial charge in [-0.1, -0.05) is 17.9 Å². The van der Waals surface area contributed by atoms with E-state index in [2.05, 4.69) is 17.2 Å². The average Bonchev–Trinajstić information content (AvgIpc) is 3.10. The molecule has 3 heteroatoms. The number of amides is 1. The molecule has 0 radical (unpaired) electrons. The lowest BCUT2D eigenvalue weighted by atomic mass is 10.2. The first-order chi connectivity index (χ1) is 7.79. The van der Waals surface area contributed by atoms with E-state index in [9.17, 15) is 4.79 Å². The van der Waals surface area contributed by atoms with Gasteiger partial charge in [-0.25, -0.2) is 0 Å². The number of rotatable bonds is 2. The van der Waals surface area contributed by atoms with E-state index in [1.165, 1.54) is 0 Å². The van der Waals surface area contributed by atoms with E-state index in [0.29, 0.717) is 6.54 Å². The zero-order valence-corrected chi connectivity index (χ0v) is 8.99. The lowest BCUT2D eigenvalue weighted by Crippen LogP contribution is -2.13.